The van der Waals surface area contributed by atoms with E-state index in [1.807, 2.05) is 37.3 Å². The van der Waals surface area contributed by atoms with Gasteiger partial charge >= 0.3 is 0 Å². The third kappa shape index (κ3) is 4.74. The molecule has 0 saturated heterocycles. The van der Waals surface area contributed by atoms with Gasteiger partial charge in [0, 0.05) is 6.04 Å². The summed E-state index contributed by atoms with van der Waals surface area (Å²) in [5.74, 6) is 0. The van der Waals surface area contributed by atoms with Crippen LogP contribution in [0.15, 0.2) is 30.3 Å². The quantitative estimate of drug-likeness (QED) is 0.741. The molecule has 1 aromatic rings. The summed E-state index contributed by atoms with van der Waals surface area (Å²) in [7, 11) is -2.84. The molecule has 0 heterocycles. The number of benzene rings is 1. The van der Waals surface area contributed by atoms with Crippen molar-refractivity contribution in [3.8, 4) is 0 Å². The lowest BCUT2D eigenvalue weighted by molar-refractivity contribution is 0.206. The van der Waals surface area contributed by atoms with E-state index in [2.05, 4.69) is 0 Å². The largest absolute Gasteiger partial charge is 0.328 e. The van der Waals surface area contributed by atoms with E-state index in [1.54, 1.807) is 0 Å². The maximum atomic E-state index is 10.6. The molecule has 0 aliphatic carbocycles. The second-order valence-electron chi connectivity index (χ2n) is 3.78. The van der Waals surface area contributed by atoms with Crippen LogP contribution in [0.2, 0.25) is 0 Å². The Labute approximate surface area is 97.6 Å². The van der Waals surface area contributed by atoms with Crippen LogP contribution in [0.4, 0.5) is 0 Å². The van der Waals surface area contributed by atoms with Crippen molar-refractivity contribution in [1.29, 1.82) is 0 Å². The molecule has 5 heteroatoms. The monoisotopic (exact) mass is 243 g/mol. The summed E-state index contributed by atoms with van der Waals surface area (Å²) in [6.07, 6.45) is 0.904. The van der Waals surface area contributed by atoms with Gasteiger partial charge in [-0.2, -0.15) is 0 Å². The molecule has 0 aliphatic rings. The maximum absolute atomic E-state index is 10.6. The van der Waals surface area contributed by atoms with Crippen LogP contribution in [-0.4, -0.2) is 14.5 Å². The average Bonchev–Trinajstić information content (AvgIpc) is 2.25. The highest BCUT2D eigenvalue weighted by molar-refractivity contribution is 7.67. The summed E-state index contributed by atoms with van der Waals surface area (Å²) >= 11 is 0. The summed E-state index contributed by atoms with van der Waals surface area (Å²) < 4.78 is 26.1. The van der Waals surface area contributed by atoms with Crippen molar-refractivity contribution in [2.45, 2.75) is 31.9 Å². The van der Waals surface area contributed by atoms with E-state index in [-0.39, 0.29) is 6.04 Å². The summed E-state index contributed by atoms with van der Waals surface area (Å²) in [6.45, 7) is 1.89. The third-order valence-corrected chi connectivity index (χ3v) is 2.70. The van der Waals surface area contributed by atoms with E-state index in [0.717, 1.165) is 12.0 Å². The smallest absolute Gasteiger partial charge is 0.257 e. The molecule has 2 atom stereocenters. The highest BCUT2D eigenvalue weighted by Crippen LogP contribution is 2.23. The van der Waals surface area contributed by atoms with Gasteiger partial charge in [-0.1, -0.05) is 30.3 Å². The van der Waals surface area contributed by atoms with Gasteiger partial charge in [0.2, 0.25) is 0 Å². The SMILES string of the molecule is CC(N)CCC(O[SH](=O)=O)c1ccccc1. The Kier molecular flexibility index (Phi) is 5.45. The number of thiol groups is 1. The molecule has 1 rings (SSSR count). The first kappa shape index (κ1) is 13.2. The van der Waals surface area contributed by atoms with E-state index in [4.69, 9.17) is 9.92 Å². The fraction of sp³-hybridized carbons (Fsp3) is 0.455. The summed E-state index contributed by atoms with van der Waals surface area (Å²) in [5.41, 5.74) is 6.51. The molecule has 2 N–H and O–H groups in total. The van der Waals surface area contributed by atoms with Gasteiger partial charge in [0.05, 0.1) is 0 Å². The van der Waals surface area contributed by atoms with Crippen LogP contribution in [0, 0.1) is 0 Å². The number of rotatable bonds is 6. The minimum Gasteiger partial charge on any atom is -0.328 e. The molecule has 0 amide bonds. The van der Waals surface area contributed by atoms with Crippen LogP contribution in [-0.2, 0) is 15.2 Å². The lowest BCUT2D eigenvalue weighted by atomic mass is 10.0. The fourth-order valence-corrected chi connectivity index (χ4v) is 1.90. The first-order chi connectivity index (χ1) is 7.59. The molecule has 0 aliphatic heterocycles. The van der Waals surface area contributed by atoms with Crippen molar-refractivity contribution < 1.29 is 12.6 Å². The van der Waals surface area contributed by atoms with E-state index in [1.165, 1.54) is 0 Å². The molecule has 0 saturated carbocycles. The van der Waals surface area contributed by atoms with Gasteiger partial charge in [0.1, 0.15) is 6.10 Å². The van der Waals surface area contributed by atoms with Gasteiger partial charge in [-0.3, -0.25) is 4.18 Å². The van der Waals surface area contributed by atoms with Crippen LogP contribution >= 0.6 is 0 Å². The molecule has 4 nitrogen and oxygen atoms in total. The topological polar surface area (TPSA) is 69.4 Å². The first-order valence-corrected chi connectivity index (χ1v) is 6.31. The Morgan fingerprint density at radius 2 is 1.88 bits per heavy atom. The molecular weight excluding hydrogens is 226 g/mol. The summed E-state index contributed by atoms with van der Waals surface area (Å²) in [6, 6.07) is 9.34. The Bertz CT molecular complexity index is 368. The second kappa shape index (κ2) is 6.62. The lowest BCUT2D eigenvalue weighted by Crippen LogP contribution is -2.16. The van der Waals surface area contributed by atoms with Crippen molar-refractivity contribution >= 4 is 11.0 Å². The minimum absolute atomic E-state index is 0.0411. The highest BCUT2D eigenvalue weighted by Gasteiger charge is 2.13. The zero-order valence-corrected chi connectivity index (χ0v) is 10.1. The predicted octanol–water partition coefficient (Wildman–Crippen LogP) is 1.40. The first-order valence-electron chi connectivity index (χ1n) is 5.21. The van der Waals surface area contributed by atoms with Gasteiger partial charge in [0.25, 0.3) is 11.0 Å². The van der Waals surface area contributed by atoms with Gasteiger partial charge in [0.15, 0.2) is 0 Å². The second-order valence-corrected chi connectivity index (χ2v) is 4.44. The molecular formula is C11H17NO3S. The van der Waals surface area contributed by atoms with Crippen LogP contribution in [0.5, 0.6) is 0 Å². The summed E-state index contributed by atoms with van der Waals surface area (Å²) in [5, 5.41) is 0. The number of hydrogen-bond acceptors (Lipinski definition) is 4. The van der Waals surface area contributed by atoms with Crippen LogP contribution < -0.4 is 5.73 Å². The molecule has 0 bridgehead atoms. The van der Waals surface area contributed by atoms with E-state index in [0.29, 0.717) is 6.42 Å². The normalized spacial score (nSPS) is 14.9. The van der Waals surface area contributed by atoms with Crippen molar-refractivity contribution in [2.24, 2.45) is 5.73 Å². The number of nitrogens with two attached hydrogens (primary N) is 1. The Morgan fingerprint density at radius 1 is 1.25 bits per heavy atom. The molecule has 0 radical (unpaired) electrons. The predicted molar refractivity (Wildman–Crippen MR) is 63.5 cm³/mol. The lowest BCUT2D eigenvalue weighted by Gasteiger charge is -2.15. The molecule has 0 fully saturated rings. The molecule has 16 heavy (non-hydrogen) atoms. The van der Waals surface area contributed by atoms with Gasteiger partial charge in [-0.15, -0.1) is 0 Å². The summed E-state index contributed by atoms with van der Waals surface area (Å²) in [4.78, 5) is 0. The maximum Gasteiger partial charge on any atom is 0.257 e. The van der Waals surface area contributed by atoms with Gasteiger partial charge < -0.3 is 5.73 Å². The zero-order valence-electron chi connectivity index (χ0n) is 9.20. The van der Waals surface area contributed by atoms with E-state index >= 15 is 0 Å². The van der Waals surface area contributed by atoms with Crippen molar-refractivity contribution in [3.63, 3.8) is 0 Å². The Balaban J connectivity index is 2.71. The third-order valence-electron chi connectivity index (χ3n) is 2.27. The van der Waals surface area contributed by atoms with E-state index < -0.39 is 17.1 Å². The average molecular weight is 243 g/mol. The minimum atomic E-state index is -2.84. The van der Waals surface area contributed by atoms with Crippen LogP contribution in [0.1, 0.15) is 31.4 Å². The molecule has 2 unspecified atom stereocenters. The molecule has 0 aromatic heterocycles. The zero-order chi connectivity index (χ0) is 12.0. The van der Waals surface area contributed by atoms with Crippen LogP contribution in [0.25, 0.3) is 0 Å². The fourth-order valence-electron chi connectivity index (χ4n) is 1.47. The molecule has 90 valence electrons. The molecule has 0 spiro atoms. The molecule has 1 aromatic carbocycles. The Hall–Kier alpha value is -0.910. The van der Waals surface area contributed by atoms with E-state index in [9.17, 15) is 8.42 Å². The van der Waals surface area contributed by atoms with Crippen molar-refractivity contribution in [2.75, 3.05) is 0 Å². The van der Waals surface area contributed by atoms with Crippen LogP contribution in [0.3, 0.4) is 0 Å². The standard InChI is InChI=1S/C11H17NO3S/c1-9(12)7-8-11(15-16(13)14)10-5-3-2-4-6-10/h2-6,9,11,16H,7-8,12H2,1H3. The number of hydrogen-bond donors (Lipinski definition) is 2. The Morgan fingerprint density at radius 3 is 2.38 bits per heavy atom. The van der Waals surface area contributed by atoms with Crippen molar-refractivity contribution in [3.05, 3.63) is 35.9 Å². The van der Waals surface area contributed by atoms with Gasteiger partial charge in [-0.05, 0) is 25.3 Å². The van der Waals surface area contributed by atoms with Gasteiger partial charge in [-0.25, -0.2) is 8.42 Å². The van der Waals surface area contributed by atoms with Crippen molar-refractivity contribution in [1.82, 2.24) is 0 Å². The highest BCUT2D eigenvalue weighted by atomic mass is 32.2.